The van der Waals surface area contributed by atoms with Crippen molar-refractivity contribution in [2.45, 2.75) is 0 Å². The second-order valence-corrected chi connectivity index (χ2v) is 0. The van der Waals surface area contributed by atoms with Crippen LogP contribution in [0.5, 0.6) is 0 Å². The second-order valence-electron chi connectivity index (χ2n) is 0. The van der Waals surface area contributed by atoms with Gasteiger partial charge in [-0.05, 0) is 0 Å². The molecule has 0 aromatic heterocycles. The molecular weight excluding hydrogens is 433 g/mol. The molecule has 0 aliphatic rings. The van der Waals surface area contributed by atoms with E-state index in [1.54, 1.807) is 0 Å². The number of hydrogen-bond donors (Lipinski definition) is 0. The van der Waals surface area contributed by atoms with E-state index in [9.17, 15) is 0 Å². The van der Waals surface area contributed by atoms with E-state index >= 15 is 0 Å². The first kappa shape index (κ1) is 1200. The van der Waals surface area contributed by atoms with Crippen molar-refractivity contribution in [2.75, 3.05) is 0 Å². The normalized spacial score (nSPS) is 0. The summed E-state index contributed by atoms with van der Waals surface area (Å²) < 4.78 is 0. The van der Waals surface area contributed by atoms with Crippen molar-refractivity contribution < 1.29 is 103 Å². The van der Waals surface area contributed by atoms with Crippen LogP contribution in [0.3, 0.4) is 0 Å². The summed E-state index contributed by atoms with van der Waals surface area (Å²) in [4.78, 5) is 0. The molecule has 12 nitrogen and oxygen atoms in total. The Labute approximate surface area is 188 Å². The van der Waals surface area contributed by atoms with E-state index in [4.69, 9.17) is 0 Å². The third kappa shape index (κ3) is 909. The van der Waals surface area contributed by atoms with Crippen LogP contribution in [0.2, 0.25) is 0 Å². The molecular formula is H12Al5Cl3O12. The van der Waals surface area contributed by atoms with Gasteiger partial charge in [0.1, 0.15) is 0 Å². The Morgan fingerprint density at radius 3 is 0.150 bits per heavy atom. The van der Waals surface area contributed by atoms with Crippen LogP contribution < -0.4 is 37.2 Å². The molecule has 0 aliphatic heterocycles. The molecule has 120 valence electrons. The minimum Gasteiger partial charge on any atom is -1.00 e. The minimum absolute atomic E-state index is 0. The molecule has 0 heterocycles. The Morgan fingerprint density at radius 2 is 0.150 bits per heavy atom. The van der Waals surface area contributed by atoms with Gasteiger partial charge in [-0.2, -0.15) is 0 Å². The first-order chi connectivity index (χ1) is 0. The van der Waals surface area contributed by atoms with Crippen LogP contribution in [0.25, 0.3) is 0 Å². The van der Waals surface area contributed by atoms with Crippen molar-refractivity contribution in [1.82, 2.24) is 0 Å². The van der Waals surface area contributed by atoms with Gasteiger partial charge in [0.05, 0.1) is 0 Å². The molecule has 0 saturated heterocycles. The zero-order valence-corrected chi connectivity index (χ0v) is 17.4. The molecule has 0 aromatic carbocycles. The molecule has 20 heteroatoms. The summed E-state index contributed by atoms with van der Waals surface area (Å²) in [6.45, 7) is 0. The SMILES string of the molecule is [Al+3].[Al+3].[Al+3].[Al+3].[Al+3].[Cl-].[Cl-].[Cl-].[OH-].[OH-].[OH-].[OH-].[OH-].[OH-].[OH-].[OH-].[OH-].[OH-].[OH-].[OH-]. The van der Waals surface area contributed by atoms with Gasteiger partial charge in [-0.3, -0.25) is 0 Å². The second kappa shape index (κ2) is 1050. The predicted octanol–water partition coefficient (Wildman–Crippen LogP) is -13.0. The standard InChI is InChI=1S/5Al.3ClH.12H2O/h;;;;;3*1H;12*1H2/q5*+3;;;;;;;;;;;;;;;/p-15. The molecule has 0 spiro atoms. The first-order valence-corrected chi connectivity index (χ1v) is 0. The van der Waals surface area contributed by atoms with Crippen LogP contribution in [0.1, 0.15) is 0 Å². The van der Waals surface area contributed by atoms with Crippen LogP contribution in [0, 0.1) is 0 Å². The van der Waals surface area contributed by atoms with Crippen molar-refractivity contribution in [1.29, 1.82) is 0 Å². The van der Waals surface area contributed by atoms with Gasteiger partial charge in [0.2, 0.25) is 0 Å². The molecule has 0 aromatic rings. The minimum atomic E-state index is 0. The molecule has 0 atom stereocenters. The Balaban J connectivity index is 0. The van der Waals surface area contributed by atoms with Crippen LogP contribution in [0.15, 0.2) is 0 Å². The molecule has 0 fully saturated rings. The van der Waals surface area contributed by atoms with Crippen LogP contribution in [-0.2, 0) is 0 Å². The van der Waals surface area contributed by atoms with E-state index in [0.717, 1.165) is 0 Å². The van der Waals surface area contributed by atoms with Crippen molar-refractivity contribution in [3.05, 3.63) is 0 Å². The fraction of sp³-hybridized carbons (Fsp3) is 0. The third-order valence-electron chi connectivity index (χ3n) is 0. The molecule has 0 aliphatic carbocycles. The maximum atomic E-state index is 0. The van der Waals surface area contributed by atoms with E-state index < -0.39 is 0 Å². The summed E-state index contributed by atoms with van der Waals surface area (Å²) in [5.74, 6) is 0. The van der Waals surface area contributed by atoms with Crippen molar-refractivity contribution in [2.24, 2.45) is 0 Å². The van der Waals surface area contributed by atoms with Crippen LogP contribution in [-0.4, -0.2) is 153 Å². The summed E-state index contributed by atoms with van der Waals surface area (Å²) >= 11 is 0. The van der Waals surface area contributed by atoms with E-state index in [2.05, 4.69) is 0 Å². The molecule has 0 bridgehead atoms. The Kier molecular flexibility index (Phi) is 63100. The number of rotatable bonds is 0. The van der Waals surface area contributed by atoms with Crippen LogP contribution in [0.4, 0.5) is 0 Å². The Bertz CT molecular complexity index is 27.1. The molecule has 0 amide bonds. The Morgan fingerprint density at radius 1 is 0.150 bits per heavy atom. The van der Waals surface area contributed by atoms with Crippen molar-refractivity contribution in [3.8, 4) is 0 Å². The van der Waals surface area contributed by atoms with Gasteiger partial charge in [0, 0.05) is 0 Å². The maximum Gasteiger partial charge on any atom is 3.00 e. The fourth-order valence-corrected chi connectivity index (χ4v) is 0. The zero-order chi connectivity index (χ0) is 0. The summed E-state index contributed by atoms with van der Waals surface area (Å²) in [6.07, 6.45) is 0. The average Bonchev–Trinajstić information content (AvgIpc) is 0. The first-order valence-electron chi connectivity index (χ1n) is 0. The van der Waals surface area contributed by atoms with Gasteiger partial charge in [-0.1, -0.05) is 0 Å². The van der Waals surface area contributed by atoms with Gasteiger partial charge in [-0.15, -0.1) is 0 Å². The average molecular weight is 445 g/mol. The topological polar surface area (TPSA) is 360 Å². The Hall–Kier alpha value is 3.05. The zero-order valence-electron chi connectivity index (χ0n) is 9.39. The summed E-state index contributed by atoms with van der Waals surface area (Å²) in [6, 6.07) is 0. The molecule has 12 N–H and O–H groups in total. The van der Waals surface area contributed by atoms with E-state index in [1.165, 1.54) is 0 Å². The smallest absolute Gasteiger partial charge is 1.00 e. The fourth-order valence-electron chi connectivity index (χ4n) is 0. The quantitative estimate of drug-likeness (QED) is 0.313. The van der Waals surface area contributed by atoms with E-state index in [0.29, 0.717) is 0 Å². The van der Waals surface area contributed by atoms with Gasteiger partial charge < -0.3 is 103 Å². The molecule has 0 rings (SSSR count). The largest absolute Gasteiger partial charge is 3.00 e. The molecule has 0 saturated carbocycles. The van der Waals surface area contributed by atoms with Gasteiger partial charge in [0.25, 0.3) is 0 Å². The predicted molar refractivity (Wildman–Crippen MR) is 52.0 cm³/mol. The molecule has 20 heavy (non-hydrogen) atoms. The third-order valence-corrected chi connectivity index (χ3v) is 0. The van der Waals surface area contributed by atoms with E-state index in [-0.39, 0.29) is 190 Å². The van der Waals surface area contributed by atoms with E-state index in [1.807, 2.05) is 0 Å². The summed E-state index contributed by atoms with van der Waals surface area (Å²) in [5, 5.41) is 0. The van der Waals surface area contributed by atoms with Gasteiger partial charge in [-0.25, -0.2) is 0 Å². The molecule has 0 unspecified atom stereocenters. The number of halogens is 3. The molecule has 0 radical (unpaired) electrons. The maximum absolute atomic E-state index is 0. The summed E-state index contributed by atoms with van der Waals surface area (Å²) in [5.41, 5.74) is 0. The van der Waals surface area contributed by atoms with Crippen molar-refractivity contribution >= 4 is 86.8 Å². The van der Waals surface area contributed by atoms with Crippen molar-refractivity contribution in [3.63, 3.8) is 0 Å². The monoisotopic (exact) mass is 444 g/mol. The van der Waals surface area contributed by atoms with Gasteiger partial charge in [0.15, 0.2) is 0 Å². The number of hydrogen-bond acceptors (Lipinski definition) is 12. The summed E-state index contributed by atoms with van der Waals surface area (Å²) in [7, 11) is 0. The van der Waals surface area contributed by atoms with Crippen LogP contribution >= 0.6 is 0 Å². The van der Waals surface area contributed by atoms with Gasteiger partial charge >= 0.3 is 86.8 Å².